The molecule has 0 atom stereocenters. The molecule has 30 heavy (non-hydrogen) atoms. The topological polar surface area (TPSA) is 87.2 Å². The summed E-state index contributed by atoms with van der Waals surface area (Å²) in [5.41, 5.74) is 1.23. The third kappa shape index (κ3) is 7.74. The second kappa shape index (κ2) is 13.0. The number of carbonyl (C=O) groups excluding carboxylic acids is 1. The van der Waals surface area contributed by atoms with Crippen molar-refractivity contribution in [3.05, 3.63) is 23.8 Å². The van der Waals surface area contributed by atoms with Crippen molar-refractivity contribution in [2.45, 2.75) is 38.6 Å². The number of benzene rings is 1. The van der Waals surface area contributed by atoms with Crippen LogP contribution in [0.15, 0.2) is 23.2 Å². The lowest BCUT2D eigenvalue weighted by Gasteiger charge is -2.32. The minimum Gasteiger partial charge on any atom is -0.493 e. The molecule has 1 fully saturated rings. The van der Waals surface area contributed by atoms with E-state index in [-0.39, 0.29) is 5.91 Å². The van der Waals surface area contributed by atoms with E-state index in [1.165, 1.54) is 5.56 Å². The summed E-state index contributed by atoms with van der Waals surface area (Å²) in [5, 5.41) is 9.60. The highest BCUT2D eigenvalue weighted by atomic mass is 16.5. The molecule has 2 rings (SSSR count). The van der Waals surface area contributed by atoms with E-state index in [1.54, 1.807) is 21.2 Å². The van der Waals surface area contributed by atoms with Gasteiger partial charge >= 0.3 is 0 Å². The number of nitrogens with one attached hydrogen (secondary N) is 3. The molecule has 0 unspecified atom stereocenters. The molecule has 1 aromatic carbocycles. The van der Waals surface area contributed by atoms with Crippen LogP contribution < -0.4 is 25.4 Å². The zero-order valence-electron chi connectivity index (χ0n) is 18.8. The zero-order valence-corrected chi connectivity index (χ0v) is 18.8. The van der Waals surface area contributed by atoms with Crippen molar-refractivity contribution >= 4 is 11.9 Å². The summed E-state index contributed by atoms with van der Waals surface area (Å²) in [4.78, 5) is 18.0. The van der Waals surface area contributed by atoms with Gasteiger partial charge in [0.2, 0.25) is 5.91 Å². The van der Waals surface area contributed by atoms with Gasteiger partial charge < -0.3 is 25.4 Å². The SMILES string of the molecule is CCOc1cc(CCCNC(=NC)NC2CCN(CC(=O)NC)CC2)ccc1OC. The van der Waals surface area contributed by atoms with Crippen molar-refractivity contribution < 1.29 is 14.3 Å². The van der Waals surface area contributed by atoms with Gasteiger partial charge in [-0.25, -0.2) is 0 Å². The quantitative estimate of drug-likeness (QED) is 0.302. The highest BCUT2D eigenvalue weighted by Crippen LogP contribution is 2.28. The number of likely N-dealkylation sites (tertiary alicyclic amines) is 1. The molecule has 0 saturated carbocycles. The minimum atomic E-state index is 0.0733. The zero-order chi connectivity index (χ0) is 21.8. The Morgan fingerprint density at radius 3 is 2.67 bits per heavy atom. The van der Waals surface area contributed by atoms with Crippen molar-refractivity contribution in [2.75, 3.05) is 54.0 Å². The largest absolute Gasteiger partial charge is 0.493 e. The molecule has 1 amide bonds. The van der Waals surface area contributed by atoms with Crippen LogP contribution in [0.5, 0.6) is 11.5 Å². The Morgan fingerprint density at radius 2 is 2.03 bits per heavy atom. The van der Waals surface area contributed by atoms with E-state index >= 15 is 0 Å². The summed E-state index contributed by atoms with van der Waals surface area (Å²) in [5.74, 6) is 2.48. The fourth-order valence-corrected chi connectivity index (χ4v) is 3.55. The van der Waals surface area contributed by atoms with Crippen LogP contribution in [-0.2, 0) is 11.2 Å². The van der Waals surface area contributed by atoms with E-state index < -0.39 is 0 Å². The van der Waals surface area contributed by atoms with Crippen molar-refractivity contribution in [1.29, 1.82) is 0 Å². The first kappa shape index (κ1) is 23.8. The third-order valence-electron chi connectivity index (χ3n) is 5.26. The number of rotatable bonds is 10. The Balaban J connectivity index is 1.70. The highest BCUT2D eigenvalue weighted by Gasteiger charge is 2.21. The molecular weight excluding hydrogens is 382 g/mol. The number of nitrogens with zero attached hydrogens (tertiary/aromatic N) is 2. The number of ether oxygens (including phenoxy) is 2. The molecule has 0 bridgehead atoms. The van der Waals surface area contributed by atoms with Gasteiger partial charge in [-0.15, -0.1) is 0 Å². The van der Waals surface area contributed by atoms with Gasteiger partial charge in [-0.3, -0.25) is 14.7 Å². The van der Waals surface area contributed by atoms with Crippen LogP contribution in [0.3, 0.4) is 0 Å². The van der Waals surface area contributed by atoms with Crippen LogP contribution in [0.4, 0.5) is 0 Å². The van der Waals surface area contributed by atoms with Crippen molar-refractivity contribution in [3.8, 4) is 11.5 Å². The number of hydrogen-bond acceptors (Lipinski definition) is 5. The van der Waals surface area contributed by atoms with Crippen molar-refractivity contribution in [3.63, 3.8) is 0 Å². The summed E-state index contributed by atoms with van der Waals surface area (Å²) in [6.07, 6.45) is 3.95. The van der Waals surface area contributed by atoms with E-state index in [9.17, 15) is 4.79 Å². The second-order valence-corrected chi connectivity index (χ2v) is 7.39. The number of guanidine groups is 1. The number of likely N-dealkylation sites (N-methyl/N-ethyl adjacent to an activating group) is 1. The maximum atomic E-state index is 11.5. The number of amides is 1. The van der Waals surface area contributed by atoms with Gasteiger partial charge in [-0.1, -0.05) is 6.07 Å². The van der Waals surface area contributed by atoms with Crippen molar-refractivity contribution in [2.24, 2.45) is 4.99 Å². The fraction of sp³-hybridized carbons (Fsp3) is 0.636. The molecule has 0 aromatic heterocycles. The average Bonchev–Trinajstić information content (AvgIpc) is 2.77. The van der Waals surface area contributed by atoms with E-state index in [4.69, 9.17) is 9.47 Å². The molecule has 0 radical (unpaired) electrons. The van der Waals surface area contributed by atoms with E-state index in [0.29, 0.717) is 19.2 Å². The van der Waals surface area contributed by atoms with Gasteiger partial charge in [0.15, 0.2) is 17.5 Å². The second-order valence-electron chi connectivity index (χ2n) is 7.39. The van der Waals surface area contributed by atoms with Crippen LogP contribution in [-0.4, -0.2) is 76.8 Å². The monoisotopic (exact) mass is 419 g/mol. The van der Waals surface area contributed by atoms with Crippen molar-refractivity contribution in [1.82, 2.24) is 20.9 Å². The predicted molar refractivity (Wildman–Crippen MR) is 121 cm³/mol. The van der Waals surface area contributed by atoms with Crippen LogP contribution in [0, 0.1) is 0 Å². The lowest BCUT2D eigenvalue weighted by molar-refractivity contribution is -0.122. The van der Waals surface area contributed by atoms with Crippen LogP contribution in [0.2, 0.25) is 0 Å². The lowest BCUT2D eigenvalue weighted by Crippen LogP contribution is -2.50. The van der Waals surface area contributed by atoms with Gasteiger partial charge in [0.25, 0.3) is 0 Å². The predicted octanol–water partition coefficient (Wildman–Crippen LogP) is 1.40. The Hall–Kier alpha value is -2.48. The van der Waals surface area contributed by atoms with Crippen LogP contribution in [0.25, 0.3) is 0 Å². The van der Waals surface area contributed by atoms with Gasteiger partial charge in [0.05, 0.1) is 20.3 Å². The average molecular weight is 420 g/mol. The normalized spacial score (nSPS) is 15.5. The Bertz CT molecular complexity index is 687. The standard InChI is InChI=1S/C22H37N5O3/c1-5-30-20-15-17(8-9-19(20)29-4)7-6-12-25-22(24-3)26-18-10-13-27(14-11-18)16-21(28)23-2/h8-9,15,18H,5-7,10-14,16H2,1-4H3,(H,23,28)(H2,24,25,26). The molecule has 3 N–H and O–H groups in total. The molecule has 0 spiro atoms. The van der Waals surface area contributed by atoms with Gasteiger partial charge in [-0.05, 0) is 50.3 Å². The number of aliphatic imine (C=N–C) groups is 1. The summed E-state index contributed by atoms with van der Waals surface area (Å²) in [7, 11) is 5.14. The molecule has 1 saturated heterocycles. The smallest absolute Gasteiger partial charge is 0.233 e. The number of hydrogen-bond donors (Lipinski definition) is 3. The highest BCUT2D eigenvalue weighted by molar-refractivity contribution is 5.80. The lowest BCUT2D eigenvalue weighted by atomic mass is 10.1. The van der Waals surface area contributed by atoms with E-state index in [1.807, 2.05) is 13.0 Å². The van der Waals surface area contributed by atoms with Gasteiger partial charge in [0.1, 0.15) is 0 Å². The number of methoxy groups -OCH3 is 1. The first-order valence-electron chi connectivity index (χ1n) is 10.8. The fourth-order valence-electron chi connectivity index (χ4n) is 3.55. The molecule has 1 heterocycles. The molecule has 8 nitrogen and oxygen atoms in total. The third-order valence-corrected chi connectivity index (χ3v) is 5.26. The Morgan fingerprint density at radius 1 is 1.27 bits per heavy atom. The van der Waals surface area contributed by atoms with Crippen LogP contribution in [0.1, 0.15) is 31.7 Å². The summed E-state index contributed by atoms with van der Waals surface area (Å²) < 4.78 is 11.0. The van der Waals surface area contributed by atoms with E-state index in [0.717, 1.165) is 62.8 Å². The van der Waals surface area contributed by atoms with E-state index in [2.05, 4.69) is 38.0 Å². The molecule has 168 valence electrons. The molecule has 1 aromatic rings. The molecule has 1 aliphatic heterocycles. The summed E-state index contributed by atoms with van der Waals surface area (Å²) in [6, 6.07) is 6.49. The van der Waals surface area contributed by atoms with Gasteiger partial charge in [0, 0.05) is 39.8 Å². The number of piperidine rings is 1. The number of carbonyl (C=O) groups is 1. The maximum absolute atomic E-state index is 11.5. The first-order valence-corrected chi connectivity index (χ1v) is 10.8. The van der Waals surface area contributed by atoms with Gasteiger partial charge in [-0.2, -0.15) is 0 Å². The molecule has 0 aliphatic carbocycles. The Labute approximate surface area is 180 Å². The summed E-state index contributed by atoms with van der Waals surface area (Å²) >= 11 is 0. The first-order chi connectivity index (χ1) is 14.6. The summed E-state index contributed by atoms with van der Waals surface area (Å²) in [6.45, 7) is 5.75. The molecule has 1 aliphatic rings. The molecular formula is C22H37N5O3. The Kier molecular flexibility index (Phi) is 10.3. The molecule has 8 heteroatoms. The number of aryl methyl sites for hydroxylation is 1. The van der Waals surface area contributed by atoms with Crippen LogP contribution >= 0.6 is 0 Å². The maximum Gasteiger partial charge on any atom is 0.233 e. The minimum absolute atomic E-state index is 0.0733.